The molecule has 218 valence electrons. The van der Waals surface area contributed by atoms with Gasteiger partial charge in [0, 0.05) is 50.6 Å². The van der Waals surface area contributed by atoms with Crippen molar-refractivity contribution in [3.63, 3.8) is 0 Å². The Hall–Kier alpha value is -1.97. The second kappa shape index (κ2) is 15.1. The maximum atomic E-state index is 13.4. The molecule has 0 spiro atoms. The van der Waals surface area contributed by atoms with Gasteiger partial charge in [-0.1, -0.05) is 13.8 Å². The van der Waals surface area contributed by atoms with Crippen molar-refractivity contribution in [1.82, 2.24) is 15.1 Å². The summed E-state index contributed by atoms with van der Waals surface area (Å²) in [6.45, 7) is 7.10. The van der Waals surface area contributed by atoms with E-state index in [1.165, 1.54) is 7.11 Å². The highest BCUT2D eigenvalue weighted by Crippen LogP contribution is 2.37. The van der Waals surface area contributed by atoms with Crippen molar-refractivity contribution < 1.29 is 39.1 Å². The minimum atomic E-state index is -1.13. The van der Waals surface area contributed by atoms with Crippen LogP contribution in [0.15, 0.2) is 23.8 Å². The summed E-state index contributed by atoms with van der Waals surface area (Å²) in [6, 6.07) is 2.69. The SMILES string of the molecule is COc1cc(CO)cc(I)c1O[C@H]1C=C(C(=O)NCCO)C[C@@H](N(CCN2CCOCC2)C(=O)C(C)C)[C@@H]1O. The molecule has 1 aromatic carbocycles. The molecular weight excluding hydrogens is 621 g/mol. The van der Waals surface area contributed by atoms with Crippen LogP contribution in [0.1, 0.15) is 25.8 Å². The Morgan fingerprint density at radius 2 is 1.97 bits per heavy atom. The Morgan fingerprint density at radius 3 is 2.59 bits per heavy atom. The number of aliphatic hydroxyl groups is 3. The molecule has 2 amide bonds. The van der Waals surface area contributed by atoms with Crippen LogP contribution >= 0.6 is 22.6 Å². The lowest BCUT2D eigenvalue weighted by atomic mass is 9.87. The van der Waals surface area contributed by atoms with Crippen molar-refractivity contribution in [2.24, 2.45) is 5.92 Å². The van der Waals surface area contributed by atoms with E-state index in [1.807, 2.05) is 13.8 Å². The number of hydrogen-bond donors (Lipinski definition) is 4. The number of ether oxygens (including phenoxy) is 3. The van der Waals surface area contributed by atoms with Gasteiger partial charge < -0.3 is 39.7 Å². The lowest BCUT2D eigenvalue weighted by Crippen LogP contribution is -2.57. The zero-order chi connectivity index (χ0) is 28.5. The summed E-state index contributed by atoms with van der Waals surface area (Å²) in [4.78, 5) is 30.3. The number of nitrogens with one attached hydrogen (secondary N) is 1. The Morgan fingerprint density at radius 1 is 1.26 bits per heavy atom. The first-order chi connectivity index (χ1) is 18.7. The number of benzene rings is 1. The standard InChI is InChI=1S/C27H40IN3O8/c1-17(2)27(36)31(6-5-30-7-10-38-11-8-30)21-14-19(26(35)29-4-9-32)15-22(24(21)34)39-25-20(28)12-18(16-33)13-23(25)37-3/h12-13,15,17,21-22,24,32-34H,4-11,14,16H2,1-3H3,(H,29,35)/t21-,22+,24+/m1/s1. The summed E-state index contributed by atoms with van der Waals surface area (Å²) < 4.78 is 17.9. The van der Waals surface area contributed by atoms with Crippen molar-refractivity contribution in [1.29, 1.82) is 0 Å². The number of hydrogen-bond acceptors (Lipinski definition) is 9. The van der Waals surface area contributed by atoms with E-state index in [9.17, 15) is 24.9 Å². The summed E-state index contributed by atoms with van der Waals surface area (Å²) in [5, 5.41) is 33.1. The number of carbonyl (C=O) groups excluding carboxylic acids is 2. The normalized spacial score (nSPS) is 21.8. The molecule has 0 radical (unpaired) electrons. The largest absolute Gasteiger partial charge is 0.493 e. The average molecular weight is 662 g/mol. The van der Waals surface area contributed by atoms with Gasteiger partial charge >= 0.3 is 0 Å². The van der Waals surface area contributed by atoms with Crippen LogP contribution in [-0.4, -0.2) is 115 Å². The zero-order valence-electron chi connectivity index (χ0n) is 22.8. The zero-order valence-corrected chi connectivity index (χ0v) is 24.9. The van der Waals surface area contributed by atoms with Crippen LogP contribution in [0.3, 0.4) is 0 Å². The Kier molecular flexibility index (Phi) is 12.3. The molecule has 1 aliphatic heterocycles. The fraction of sp³-hybridized carbons (Fsp3) is 0.630. The topological polar surface area (TPSA) is 141 Å². The highest BCUT2D eigenvalue weighted by atomic mass is 127. The monoisotopic (exact) mass is 661 g/mol. The summed E-state index contributed by atoms with van der Waals surface area (Å²) in [6.07, 6.45) is -0.391. The van der Waals surface area contributed by atoms with Crippen LogP contribution < -0.4 is 14.8 Å². The summed E-state index contributed by atoms with van der Waals surface area (Å²) in [7, 11) is 1.48. The Bertz CT molecular complexity index is 1010. The molecule has 0 saturated carbocycles. The lowest BCUT2D eigenvalue weighted by Gasteiger charge is -2.42. The minimum Gasteiger partial charge on any atom is -0.493 e. The molecule has 3 rings (SSSR count). The number of amides is 2. The van der Waals surface area contributed by atoms with Gasteiger partial charge in [-0.2, -0.15) is 0 Å². The van der Waals surface area contributed by atoms with Gasteiger partial charge in [0.1, 0.15) is 12.2 Å². The molecule has 1 fully saturated rings. The highest BCUT2D eigenvalue weighted by molar-refractivity contribution is 14.1. The van der Waals surface area contributed by atoms with Gasteiger partial charge in [0.25, 0.3) is 0 Å². The first-order valence-electron chi connectivity index (χ1n) is 13.2. The lowest BCUT2D eigenvalue weighted by molar-refractivity contribution is -0.142. The van der Waals surface area contributed by atoms with Gasteiger partial charge in [0.15, 0.2) is 11.5 Å². The average Bonchev–Trinajstić information content (AvgIpc) is 2.94. The molecule has 4 N–H and O–H groups in total. The third-order valence-electron chi connectivity index (χ3n) is 6.88. The fourth-order valence-electron chi connectivity index (χ4n) is 4.74. The maximum absolute atomic E-state index is 13.4. The molecule has 0 aromatic heterocycles. The number of rotatable bonds is 12. The van der Waals surface area contributed by atoms with Crippen molar-refractivity contribution in [2.75, 3.05) is 59.7 Å². The van der Waals surface area contributed by atoms with Gasteiger partial charge in [0.2, 0.25) is 11.8 Å². The van der Waals surface area contributed by atoms with E-state index in [0.717, 1.165) is 13.1 Å². The second-order valence-electron chi connectivity index (χ2n) is 9.92. The molecule has 39 heavy (non-hydrogen) atoms. The molecule has 0 bridgehead atoms. The van der Waals surface area contributed by atoms with E-state index >= 15 is 0 Å². The molecule has 2 aliphatic rings. The van der Waals surface area contributed by atoms with Gasteiger partial charge in [0.05, 0.1) is 43.1 Å². The van der Waals surface area contributed by atoms with E-state index in [4.69, 9.17) is 14.2 Å². The van der Waals surface area contributed by atoms with Crippen LogP contribution in [0, 0.1) is 9.49 Å². The third-order valence-corrected chi connectivity index (χ3v) is 7.68. The smallest absolute Gasteiger partial charge is 0.247 e. The number of carbonyl (C=O) groups is 2. The van der Waals surface area contributed by atoms with Crippen LogP contribution in [0.5, 0.6) is 11.5 Å². The first kappa shape index (κ1) is 31.6. The van der Waals surface area contributed by atoms with Crippen molar-refractivity contribution in [3.05, 3.63) is 32.9 Å². The first-order valence-corrected chi connectivity index (χ1v) is 14.3. The molecule has 0 unspecified atom stereocenters. The number of methoxy groups -OCH3 is 1. The summed E-state index contributed by atoms with van der Waals surface area (Å²) >= 11 is 2.07. The van der Waals surface area contributed by atoms with Crippen molar-refractivity contribution in [3.8, 4) is 11.5 Å². The number of morpholine rings is 1. The van der Waals surface area contributed by atoms with Crippen LogP contribution in [-0.2, 0) is 20.9 Å². The van der Waals surface area contributed by atoms with Crippen molar-refractivity contribution in [2.45, 2.75) is 45.1 Å². The van der Waals surface area contributed by atoms with Crippen LogP contribution in [0.25, 0.3) is 0 Å². The Balaban J connectivity index is 1.95. The molecule has 3 atom stereocenters. The molecule has 1 aromatic rings. The second-order valence-corrected chi connectivity index (χ2v) is 11.1. The van der Waals surface area contributed by atoms with E-state index in [0.29, 0.717) is 52.5 Å². The predicted octanol–water partition coefficient (Wildman–Crippen LogP) is 0.524. The van der Waals surface area contributed by atoms with Gasteiger partial charge in [-0.05, 0) is 46.4 Å². The van der Waals surface area contributed by atoms with Crippen LogP contribution in [0.2, 0.25) is 0 Å². The molecule has 1 saturated heterocycles. The number of halogens is 1. The van der Waals surface area contributed by atoms with Gasteiger partial charge in [-0.25, -0.2) is 0 Å². The van der Waals surface area contributed by atoms with Gasteiger partial charge in [-0.15, -0.1) is 0 Å². The fourth-order valence-corrected chi connectivity index (χ4v) is 5.53. The van der Waals surface area contributed by atoms with E-state index in [2.05, 4.69) is 32.8 Å². The molecule has 11 nitrogen and oxygen atoms in total. The van der Waals surface area contributed by atoms with Gasteiger partial charge in [-0.3, -0.25) is 14.5 Å². The molecule has 1 aliphatic carbocycles. The maximum Gasteiger partial charge on any atom is 0.247 e. The van der Waals surface area contributed by atoms with E-state index in [1.54, 1.807) is 23.1 Å². The highest BCUT2D eigenvalue weighted by Gasteiger charge is 2.41. The quantitative estimate of drug-likeness (QED) is 0.236. The molecular formula is C27H40IN3O8. The Labute approximate surface area is 243 Å². The third kappa shape index (κ3) is 8.27. The molecule has 12 heteroatoms. The number of aliphatic hydroxyl groups excluding tert-OH is 3. The minimum absolute atomic E-state index is 0.0783. The van der Waals surface area contributed by atoms with Crippen LogP contribution in [0.4, 0.5) is 0 Å². The van der Waals surface area contributed by atoms with E-state index in [-0.39, 0.29) is 38.0 Å². The molecule has 1 heterocycles. The van der Waals surface area contributed by atoms with E-state index < -0.39 is 24.2 Å². The number of nitrogens with zero attached hydrogens (tertiary/aromatic N) is 2. The predicted molar refractivity (Wildman–Crippen MR) is 152 cm³/mol. The summed E-state index contributed by atoms with van der Waals surface area (Å²) in [5.41, 5.74) is 1.000. The van der Waals surface area contributed by atoms with Crippen molar-refractivity contribution >= 4 is 34.4 Å². The summed E-state index contributed by atoms with van der Waals surface area (Å²) in [5.74, 6) is -0.0887.